The molecule has 0 aromatic rings. The molecule has 0 saturated heterocycles. The van der Waals surface area contributed by atoms with E-state index in [1.54, 1.807) is 0 Å². The van der Waals surface area contributed by atoms with E-state index in [0.29, 0.717) is 0 Å². The Morgan fingerprint density at radius 2 is 0.750 bits per heavy atom. The minimum absolute atomic E-state index is 0. The third-order valence-electron chi connectivity index (χ3n) is 0. The first-order chi connectivity index (χ1) is 0. The fourth-order valence-corrected chi connectivity index (χ4v) is 0. The van der Waals surface area contributed by atoms with Crippen molar-refractivity contribution in [3.05, 3.63) is 14.9 Å². The van der Waals surface area contributed by atoms with Crippen molar-refractivity contribution in [2.24, 2.45) is 0 Å². The Balaban J connectivity index is 0. The van der Waals surface area contributed by atoms with Crippen LogP contribution in [0.15, 0.2) is 0 Å². The SMILES string of the molecule is [B].[CH3-].[CH3-].[Y]. The van der Waals surface area contributed by atoms with Crippen molar-refractivity contribution in [2.45, 2.75) is 0 Å². The van der Waals surface area contributed by atoms with Crippen LogP contribution in [-0.2, 0) is 32.7 Å². The van der Waals surface area contributed by atoms with Gasteiger partial charge in [-0.05, 0) is 0 Å². The van der Waals surface area contributed by atoms with Crippen LogP contribution >= 0.6 is 0 Å². The topological polar surface area (TPSA) is 0 Å². The summed E-state index contributed by atoms with van der Waals surface area (Å²) in [6.45, 7) is 0. The van der Waals surface area contributed by atoms with E-state index < -0.39 is 0 Å². The van der Waals surface area contributed by atoms with Crippen LogP contribution in [0.1, 0.15) is 0 Å². The number of hydrogen-bond donors (Lipinski definition) is 0. The summed E-state index contributed by atoms with van der Waals surface area (Å²) in [7, 11) is 0. The molecular formula is C2H6BY-2. The molecule has 2 heteroatoms. The van der Waals surface area contributed by atoms with Gasteiger partial charge in [-0.1, -0.05) is 0 Å². The molecule has 0 aromatic heterocycles. The van der Waals surface area contributed by atoms with Crippen LogP contribution in [0.4, 0.5) is 0 Å². The maximum Gasteiger partial charge on any atom is 0 e. The molecule has 0 bridgehead atoms. The van der Waals surface area contributed by atoms with Crippen molar-refractivity contribution < 1.29 is 32.7 Å². The molecule has 0 aromatic carbocycles. The van der Waals surface area contributed by atoms with Gasteiger partial charge in [-0.3, -0.25) is 0 Å². The van der Waals surface area contributed by atoms with Gasteiger partial charge in [0.2, 0.25) is 0 Å². The van der Waals surface area contributed by atoms with E-state index in [1.807, 2.05) is 0 Å². The van der Waals surface area contributed by atoms with E-state index >= 15 is 0 Å². The summed E-state index contributed by atoms with van der Waals surface area (Å²) >= 11 is 0. The van der Waals surface area contributed by atoms with Crippen molar-refractivity contribution in [2.75, 3.05) is 0 Å². The van der Waals surface area contributed by atoms with Gasteiger partial charge in [-0.15, -0.1) is 0 Å². The first-order valence-electron chi connectivity index (χ1n) is 0. The van der Waals surface area contributed by atoms with Gasteiger partial charge in [0.1, 0.15) is 0 Å². The average molecular weight is 130 g/mol. The van der Waals surface area contributed by atoms with Gasteiger partial charge in [0.15, 0.2) is 0 Å². The Morgan fingerprint density at radius 3 is 0.750 bits per heavy atom. The molecule has 0 heterocycles. The van der Waals surface area contributed by atoms with Gasteiger partial charge in [-0.25, -0.2) is 0 Å². The smallest absolute Gasteiger partial charge is 0 e. The molecule has 0 N–H and O–H groups in total. The molecular weight excluding hydrogens is 124 g/mol. The second-order valence-corrected chi connectivity index (χ2v) is 0. The van der Waals surface area contributed by atoms with Crippen LogP contribution in [0.5, 0.6) is 0 Å². The predicted octanol–water partition coefficient (Wildman–Crippen LogP) is 0.517. The molecule has 0 nitrogen and oxygen atoms in total. The van der Waals surface area contributed by atoms with Gasteiger partial charge in [0.05, 0.1) is 0 Å². The molecule has 0 amide bonds. The van der Waals surface area contributed by atoms with E-state index in [2.05, 4.69) is 0 Å². The molecule has 22 valence electrons. The van der Waals surface area contributed by atoms with Gasteiger partial charge in [0.25, 0.3) is 0 Å². The second-order valence-electron chi connectivity index (χ2n) is 0. The van der Waals surface area contributed by atoms with Gasteiger partial charge >= 0.3 is 0 Å². The number of hydrogen-bond acceptors (Lipinski definition) is 0. The summed E-state index contributed by atoms with van der Waals surface area (Å²) in [5.74, 6) is 0. The summed E-state index contributed by atoms with van der Waals surface area (Å²) in [4.78, 5) is 0. The van der Waals surface area contributed by atoms with Crippen LogP contribution in [0, 0.1) is 14.9 Å². The van der Waals surface area contributed by atoms with Crippen LogP contribution in [0.25, 0.3) is 0 Å². The Morgan fingerprint density at radius 1 is 0.750 bits per heavy atom. The van der Waals surface area contributed by atoms with E-state index in [1.165, 1.54) is 0 Å². The first kappa shape index (κ1) is 65.8. The zero-order valence-electron chi connectivity index (χ0n) is 3.15. The minimum atomic E-state index is 0. The average Bonchev–Trinajstić information content (AvgIpc) is 0. The van der Waals surface area contributed by atoms with E-state index in [-0.39, 0.29) is 56.0 Å². The molecule has 0 aliphatic heterocycles. The molecule has 0 fully saturated rings. The van der Waals surface area contributed by atoms with Gasteiger partial charge in [-0.2, -0.15) is 0 Å². The van der Waals surface area contributed by atoms with Crippen molar-refractivity contribution in [3.8, 4) is 0 Å². The Kier molecular flexibility index (Phi) is 504. The van der Waals surface area contributed by atoms with Crippen LogP contribution in [0.2, 0.25) is 0 Å². The fraction of sp³-hybridized carbons (Fsp3) is 0. The van der Waals surface area contributed by atoms with Crippen LogP contribution < -0.4 is 0 Å². The van der Waals surface area contributed by atoms with Gasteiger partial charge in [0, 0.05) is 41.1 Å². The largest absolute Gasteiger partial charge is 0.358 e. The molecule has 0 spiro atoms. The zero-order chi connectivity index (χ0) is 0. The second kappa shape index (κ2) is 30.6. The fourth-order valence-electron chi connectivity index (χ4n) is 0. The van der Waals surface area contributed by atoms with Crippen molar-refractivity contribution >= 4 is 8.41 Å². The summed E-state index contributed by atoms with van der Waals surface area (Å²) < 4.78 is 0. The third-order valence-corrected chi connectivity index (χ3v) is 0. The molecule has 0 saturated carbocycles. The Bertz CT molecular complexity index is 6.00. The summed E-state index contributed by atoms with van der Waals surface area (Å²) in [5.41, 5.74) is 0. The third kappa shape index (κ3) is 10.9. The summed E-state index contributed by atoms with van der Waals surface area (Å²) in [5, 5.41) is 0. The Labute approximate surface area is 55.8 Å². The molecule has 0 rings (SSSR count). The maximum absolute atomic E-state index is 0. The molecule has 4 radical (unpaired) electrons. The van der Waals surface area contributed by atoms with Crippen molar-refractivity contribution in [1.82, 2.24) is 0 Å². The van der Waals surface area contributed by atoms with E-state index in [9.17, 15) is 0 Å². The standard InChI is InChI=1S/2CH3.B.Y/h2*1H3;;/q2*-1;;. The molecule has 0 aliphatic carbocycles. The van der Waals surface area contributed by atoms with Crippen molar-refractivity contribution in [3.63, 3.8) is 0 Å². The zero-order valence-corrected chi connectivity index (χ0v) is 5.99. The first-order valence-corrected chi connectivity index (χ1v) is 0. The minimum Gasteiger partial charge on any atom is -0.358 e. The normalized spacial score (nSPS) is 0. The Hall–Kier alpha value is 1.17. The molecule has 0 aliphatic rings. The molecule has 4 heavy (non-hydrogen) atoms. The maximum atomic E-state index is 0. The van der Waals surface area contributed by atoms with Crippen molar-refractivity contribution in [1.29, 1.82) is 0 Å². The summed E-state index contributed by atoms with van der Waals surface area (Å²) in [6.07, 6.45) is 0. The molecule has 0 unspecified atom stereocenters. The monoisotopic (exact) mass is 130 g/mol. The van der Waals surface area contributed by atoms with Crippen LogP contribution in [0.3, 0.4) is 0 Å². The van der Waals surface area contributed by atoms with E-state index in [4.69, 9.17) is 0 Å². The number of rotatable bonds is 0. The van der Waals surface area contributed by atoms with E-state index in [0.717, 1.165) is 0 Å². The quantitative estimate of drug-likeness (QED) is 0.331. The van der Waals surface area contributed by atoms with Gasteiger partial charge < -0.3 is 14.9 Å². The van der Waals surface area contributed by atoms with Crippen LogP contribution in [-0.4, -0.2) is 8.41 Å². The predicted molar refractivity (Wildman–Crippen MR) is 18.6 cm³/mol. The molecule has 0 atom stereocenters. The summed E-state index contributed by atoms with van der Waals surface area (Å²) in [6, 6.07) is 0.